The fraction of sp³-hybridized carbons (Fsp3) is 0.609. The van der Waals surface area contributed by atoms with Gasteiger partial charge >= 0.3 is 5.97 Å². The minimum absolute atomic E-state index is 0.00301. The van der Waals surface area contributed by atoms with Crippen LogP contribution >= 0.6 is 0 Å². The van der Waals surface area contributed by atoms with Crippen molar-refractivity contribution in [3.8, 4) is 0 Å². The van der Waals surface area contributed by atoms with Crippen molar-refractivity contribution in [2.45, 2.75) is 89.7 Å². The first-order chi connectivity index (χ1) is 13.5. The number of benzene rings is 1. The quantitative estimate of drug-likeness (QED) is 0.439. The summed E-state index contributed by atoms with van der Waals surface area (Å²) in [5, 5.41) is 3.00. The molecule has 5 nitrogen and oxygen atoms in total. The molecule has 2 aliphatic carbocycles. The molecule has 0 spiro atoms. The summed E-state index contributed by atoms with van der Waals surface area (Å²) in [5.74, 6) is -0.801. The molecular weight excluding hydrogens is 354 g/mol. The number of ether oxygens (including phenoxy) is 1. The van der Waals surface area contributed by atoms with Gasteiger partial charge in [-0.2, -0.15) is 0 Å². The predicted octanol–water partition coefficient (Wildman–Crippen LogP) is 3.91. The van der Waals surface area contributed by atoms with Gasteiger partial charge in [-0.1, -0.05) is 37.8 Å². The van der Waals surface area contributed by atoms with Crippen molar-refractivity contribution in [2.24, 2.45) is 0 Å². The molecule has 1 amide bonds. The van der Waals surface area contributed by atoms with Crippen molar-refractivity contribution in [1.29, 1.82) is 0 Å². The lowest BCUT2D eigenvalue weighted by molar-refractivity contribution is -0.155. The van der Waals surface area contributed by atoms with E-state index in [9.17, 15) is 14.4 Å². The molecule has 3 rings (SSSR count). The van der Waals surface area contributed by atoms with E-state index in [1.807, 2.05) is 18.2 Å². The molecule has 0 heterocycles. The van der Waals surface area contributed by atoms with Crippen molar-refractivity contribution < 1.29 is 19.1 Å². The Bertz CT molecular complexity index is 719. The van der Waals surface area contributed by atoms with Gasteiger partial charge in [-0.3, -0.25) is 14.4 Å². The van der Waals surface area contributed by atoms with Gasteiger partial charge in [0, 0.05) is 18.0 Å². The largest absolute Gasteiger partial charge is 0.453 e. The molecule has 0 aliphatic heterocycles. The average Bonchev–Trinajstić information content (AvgIpc) is 3.01. The highest BCUT2D eigenvalue weighted by Gasteiger charge is 2.22. The lowest BCUT2D eigenvalue weighted by atomic mass is 10.0. The number of hydrogen-bond donors (Lipinski definition) is 1. The molecule has 0 unspecified atom stereocenters. The molecule has 1 N–H and O–H groups in total. The van der Waals surface area contributed by atoms with E-state index in [-0.39, 0.29) is 30.6 Å². The van der Waals surface area contributed by atoms with E-state index in [0.717, 1.165) is 44.9 Å². The number of rotatable bonds is 7. The number of Topliss-reactive ketones (excluding diaryl/α,β-unsaturated/α-hetero) is 1. The van der Waals surface area contributed by atoms with Crippen LogP contribution in [0.3, 0.4) is 0 Å². The van der Waals surface area contributed by atoms with Gasteiger partial charge in [0.2, 0.25) is 0 Å². The summed E-state index contributed by atoms with van der Waals surface area (Å²) in [5.41, 5.74) is 3.23. The van der Waals surface area contributed by atoms with Crippen LogP contribution in [0.15, 0.2) is 18.2 Å². The lowest BCUT2D eigenvalue weighted by Gasteiger charge is -2.19. The van der Waals surface area contributed by atoms with E-state index in [2.05, 4.69) is 5.32 Å². The second-order valence-electron chi connectivity index (χ2n) is 8.09. The Morgan fingerprint density at radius 3 is 2.46 bits per heavy atom. The summed E-state index contributed by atoms with van der Waals surface area (Å²) in [6, 6.07) is 6.00. The normalized spacial score (nSPS) is 18.0. The topological polar surface area (TPSA) is 72.5 Å². The van der Waals surface area contributed by atoms with Gasteiger partial charge in [0.05, 0.1) is 6.42 Å². The van der Waals surface area contributed by atoms with Crippen molar-refractivity contribution in [3.63, 3.8) is 0 Å². The highest BCUT2D eigenvalue weighted by atomic mass is 16.5. The molecular formula is C23H31NO4. The molecule has 2 aliphatic rings. The number of carbonyl (C=O) groups is 3. The van der Waals surface area contributed by atoms with Crippen LogP contribution in [-0.2, 0) is 27.2 Å². The van der Waals surface area contributed by atoms with Crippen LogP contribution in [0.5, 0.6) is 0 Å². The van der Waals surface area contributed by atoms with Gasteiger partial charge in [0.15, 0.2) is 11.9 Å². The fourth-order valence-corrected chi connectivity index (χ4v) is 4.16. The Kier molecular flexibility index (Phi) is 7.24. The summed E-state index contributed by atoms with van der Waals surface area (Å²) in [6.07, 6.45) is 9.18. The molecule has 28 heavy (non-hydrogen) atoms. The maximum atomic E-state index is 12.4. The van der Waals surface area contributed by atoms with Crippen LogP contribution in [0.4, 0.5) is 0 Å². The van der Waals surface area contributed by atoms with Crippen LogP contribution < -0.4 is 5.32 Å². The van der Waals surface area contributed by atoms with Crippen LogP contribution in [0.1, 0.15) is 86.2 Å². The Hall–Kier alpha value is -2.17. The molecule has 1 aromatic carbocycles. The van der Waals surface area contributed by atoms with E-state index in [0.29, 0.717) is 5.56 Å². The molecule has 0 bridgehead atoms. The Morgan fingerprint density at radius 2 is 1.71 bits per heavy atom. The zero-order chi connectivity index (χ0) is 19.9. The van der Waals surface area contributed by atoms with Gasteiger partial charge in [-0.05, 0) is 56.2 Å². The zero-order valence-electron chi connectivity index (χ0n) is 16.8. The third kappa shape index (κ3) is 5.66. The number of ketones is 1. The lowest BCUT2D eigenvalue weighted by Crippen LogP contribution is -2.41. The van der Waals surface area contributed by atoms with E-state index in [1.54, 1.807) is 6.92 Å². The Balaban J connectivity index is 1.41. The number of carbonyl (C=O) groups excluding carboxylic acids is 3. The smallest absolute Gasteiger partial charge is 0.307 e. The van der Waals surface area contributed by atoms with Gasteiger partial charge in [-0.25, -0.2) is 0 Å². The number of amides is 1. The SMILES string of the molecule is C[C@@H](OC(=O)CCC(=O)c1ccc2c(c1)CCC2)C(=O)NC1CCCCCC1. The molecule has 1 saturated carbocycles. The fourth-order valence-electron chi connectivity index (χ4n) is 4.16. The number of fused-ring (bicyclic) bond motifs is 1. The number of hydrogen-bond acceptors (Lipinski definition) is 4. The molecule has 0 radical (unpaired) electrons. The van der Waals surface area contributed by atoms with E-state index in [4.69, 9.17) is 4.74 Å². The summed E-state index contributed by atoms with van der Waals surface area (Å²) in [4.78, 5) is 36.7. The highest BCUT2D eigenvalue weighted by Crippen LogP contribution is 2.23. The van der Waals surface area contributed by atoms with Gasteiger partial charge in [-0.15, -0.1) is 0 Å². The van der Waals surface area contributed by atoms with E-state index >= 15 is 0 Å². The van der Waals surface area contributed by atoms with E-state index < -0.39 is 12.1 Å². The first-order valence-corrected chi connectivity index (χ1v) is 10.7. The molecule has 1 fully saturated rings. The van der Waals surface area contributed by atoms with Crippen LogP contribution in [0.2, 0.25) is 0 Å². The molecule has 0 saturated heterocycles. The third-order valence-electron chi connectivity index (χ3n) is 5.86. The molecule has 0 aromatic heterocycles. The maximum absolute atomic E-state index is 12.4. The van der Waals surface area contributed by atoms with Gasteiger partial charge < -0.3 is 10.1 Å². The summed E-state index contributed by atoms with van der Waals surface area (Å²) >= 11 is 0. The highest BCUT2D eigenvalue weighted by molar-refractivity contribution is 5.98. The second kappa shape index (κ2) is 9.85. The monoisotopic (exact) mass is 385 g/mol. The summed E-state index contributed by atoms with van der Waals surface area (Å²) < 4.78 is 5.24. The van der Waals surface area contributed by atoms with Gasteiger partial charge in [0.1, 0.15) is 0 Å². The average molecular weight is 386 g/mol. The molecule has 1 aromatic rings. The number of nitrogens with one attached hydrogen (secondary N) is 1. The van der Waals surface area contributed by atoms with Crippen LogP contribution in [0, 0.1) is 0 Å². The van der Waals surface area contributed by atoms with Crippen molar-refractivity contribution in [3.05, 3.63) is 34.9 Å². The first-order valence-electron chi connectivity index (χ1n) is 10.7. The maximum Gasteiger partial charge on any atom is 0.307 e. The van der Waals surface area contributed by atoms with Crippen LogP contribution in [-0.4, -0.2) is 29.8 Å². The minimum atomic E-state index is -0.828. The minimum Gasteiger partial charge on any atom is -0.453 e. The van der Waals surface area contributed by atoms with E-state index in [1.165, 1.54) is 24.0 Å². The Labute approximate surface area is 167 Å². The van der Waals surface area contributed by atoms with Crippen LogP contribution in [0.25, 0.3) is 0 Å². The standard InChI is InChI=1S/C23H31NO4/c1-16(23(27)24-20-9-4-2-3-5-10-20)28-22(26)14-13-21(25)19-12-11-17-7-6-8-18(17)15-19/h11-12,15-16,20H,2-10,13-14H2,1H3,(H,24,27)/t16-/m1/s1. The first kappa shape index (κ1) is 20.6. The summed E-state index contributed by atoms with van der Waals surface area (Å²) in [7, 11) is 0. The predicted molar refractivity (Wildman–Crippen MR) is 107 cm³/mol. The second-order valence-corrected chi connectivity index (χ2v) is 8.09. The summed E-state index contributed by atoms with van der Waals surface area (Å²) in [6.45, 7) is 1.59. The number of esters is 1. The molecule has 152 valence electrons. The van der Waals surface area contributed by atoms with Crippen molar-refractivity contribution in [2.75, 3.05) is 0 Å². The Morgan fingerprint density at radius 1 is 1.00 bits per heavy atom. The third-order valence-corrected chi connectivity index (χ3v) is 5.86. The van der Waals surface area contributed by atoms with Gasteiger partial charge in [0.25, 0.3) is 5.91 Å². The number of aryl methyl sites for hydroxylation is 2. The molecule has 1 atom stereocenters. The van der Waals surface area contributed by atoms with Crippen molar-refractivity contribution >= 4 is 17.7 Å². The molecule has 5 heteroatoms. The zero-order valence-corrected chi connectivity index (χ0v) is 16.8. The van der Waals surface area contributed by atoms with Crippen molar-refractivity contribution in [1.82, 2.24) is 5.32 Å².